The van der Waals surface area contributed by atoms with E-state index in [1.807, 2.05) is 0 Å². The molecule has 2 amide bonds. The third-order valence-corrected chi connectivity index (χ3v) is 6.81. The van der Waals surface area contributed by atoms with Gasteiger partial charge in [-0.15, -0.1) is 0 Å². The van der Waals surface area contributed by atoms with Gasteiger partial charge in [0.05, 0.1) is 36.5 Å². The Morgan fingerprint density at radius 1 is 1.17 bits per heavy atom. The number of carbonyl (C=O) groups is 2. The van der Waals surface area contributed by atoms with Crippen molar-refractivity contribution >= 4 is 23.1 Å². The first kappa shape index (κ1) is 29.8. The van der Waals surface area contributed by atoms with Crippen molar-refractivity contribution in [2.24, 2.45) is 0 Å². The predicted octanol–water partition coefficient (Wildman–Crippen LogP) is 2.99. The van der Waals surface area contributed by atoms with Gasteiger partial charge in [-0.2, -0.15) is 31.4 Å². The third-order valence-electron chi connectivity index (χ3n) is 6.81. The van der Waals surface area contributed by atoms with Gasteiger partial charge in [0.1, 0.15) is 23.8 Å². The zero-order valence-electron chi connectivity index (χ0n) is 21.3. The summed E-state index contributed by atoms with van der Waals surface area (Å²) in [6.45, 7) is -0.559. The zero-order chi connectivity index (χ0) is 30.5. The quantitative estimate of drug-likeness (QED) is 0.375. The van der Waals surface area contributed by atoms with Crippen LogP contribution in [0.4, 0.5) is 36.6 Å². The molecule has 1 unspecified atom stereocenters. The summed E-state index contributed by atoms with van der Waals surface area (Å²) in [4.78, 5) is 29.7. The highest BCUT2D eigenvalue weighted by Crippen LogP contribution is 2.39. The van der Waals surface area contributed by atoms with Gasteiger partial charge < -0.3 is 25.8 Å². The minimum Gasteiger partial charge on any atom is -0.496 e. The Kier molecular flexibility index (Phi) is 7.53. The number of aliphatic hydroxyl groups is 1. The molecule has 0 aliphatic carbocycles. The average molecular weight is 592 g/mol. The number of benzene rings is 1. The number of methoxy groups -OCH3 is 1. The van der Waals surface area contributed by atoms with Crippen molar-refractivity contribution in [2.75, 3.05) is 25.9 Å². The first-order valence-corrected chi connectivity index (χ1v) is 11.9. The Hall–Kier alpha value is -4.15. The summed E-state index contributed by atoms with van der Waals surface area (Å²) in [5.41, 5.74) is -0.0319. The Morgan fingerprint density at radius 3 is 2.44 bits per heavy atom. The van der Waals surface area contributed by atoms with Gasteiger partial charge in [0, 0.05) is 12.1 Å². The summed E-state index contributed by atoms with van der Waals surface area (Å²) in [5.74, 6) is -3.25. The summed E-state index contributed by atoms with van der Waals surface area (Å²) in [6, 6.07) is 3.06. The van der Waals surface area contributed by atoms with Crippen LogP contribution in [0, 0.1) is 0 Å². The summed E-state index contributed by atoms with van der Waals surface area (Å²) >= 11 is 0. The molecule has 3 heterocycles. The number of aromatic nitrogens is 3. The third kappa shape index (κ3) is 5.20. The molecule has 0 bridgehead atoms. The number of ether oxygens (including phenoxy) is 1. The lowest BCUT2D eigenvalue weighted by atomic mass is 9.98. The Labute approximate surface area is 226 Å². The molecule has 1 aliphatic heterocycles. The smallest absolute Gasteiger partial charge is 0.426 e. The number of nitrogens with two attached hydrogens (primary N) is 1. The average Bonchev–Trinajstić information content (AvgIpc) is 3.48. The highest BCUT2D eigenvalue weighted by molar-refractivity contribution is 5.98. The highest BCUT2D eigenvalue weighted by Gasteiger charge is 2.60. The molecule has 1 aromatic carbocycles. The number of nitrogens with one attached hydrogen (secondary N) is 1. The Morgan fingerprint density at radius 2 is 1.85 bits per heavy atom. The molecular formula is C24H23F7N6O4. The molecule has 4 rings (SSSR count). The molecule has 10 nitrogen and oxygen atoms in total. The Balaban J connectivity index is 1.65. The number of halogens is 7. The van der Waals surface area contributed by atoms with Crippen LogP contribution in [-0.2, 0) is 11.0 Å². The second-order valence-electron chi connectivity index (χ2n) is 9.28. The molecule has 4 N–H and O–H groups in total. The molecular weight excluding hydrogens is 569 g/mol. The summed E-state index contributed by atoms with van der Waals surface area (Å²) in [6.07, 6.45) is -12.2. The van der Waals surface area contributed by atoms with Gasteiger partial charge in [-0.05, 0) is 30.7 Å². The molecule has 17 heteroatoms. The molecule has 0 saturated carbocycles. The van der Waals surface area contributed by atoms with Gasteiger partial charge in [0.2, 0.25) is 5.60 Å². The molecule has 1 aliphatic rings. The maximum Gasteiger partial charge on any atom is 0.426 e. The monoisotopic (exact) mass is 592 g/mol. The van der Waals surface area contributed by atoms with E-state index in [-0.39, 0.29) is 22.6 Å². The molecule has 41 heavy (non-hydrogen) atoms. The van der Waals surface area contributed by atoms with Gasteiger partial charge in [0.25, 0.3) is 11.8 Å². The van der Waals surface area contributed by atoms with Crippen molar-refractivity contribution in [3.05, 3.63) is 41.7 Å². The summed E-state index contributed by atoms with van der Waals surface area (Å²) < 4.78 is 102. The molecule has 2 aromatic heterocycles. The molecule has 0 spiro atoms. The fraction of sp³-hybridized carbons (Fsp3) is 0.417. The minimum atomic E-state index is -5.32. The fourth-order valence-corrected chi connectivity index (χ4v) is 4.58. The number of amides is 2. The predicted molar refractivity (Wildman–Crippen MR) is 128 cm³/mol. The number of nitrogens with zero attached hydrogens (tertiary/aromatic N) is 4. The first-order chi connectivity index (χ1) is 19.0. The van der Waals surface area contributed by atoms with Crippen LogP contribution in [-0.4, -0.2) is 80.6 Å². The number of hydrogen-bond acceptors (Lipinski definition) is 7. The van der Waals surface area contributed by atoms with E-state index in [1.165, 1.54) is 19.2 Å². The van der Waals surface area contributed by atoms with Crippen LogP contribution in [0.2, 0.25) is 0 Å². The van der Waals surface area contributed by atoms with Crippen molar-refractivity contribution in [3.63, 3.8) is 0 Å². The van der Waals surface area contributed by atoms with Crippen molar-refractivity contribution < 1.29 is 50.2 Å². The van der Waals surface area contributed by atoms with Gasteiger partial charge in [-0.3, -0.25) is 9.59 Å². The van der Waals surface area contributed by atoms with Crippen molar-refractivity contribution in [1.29, 1.82) is 0 Å². The number of nitrogen functional groups attached to an aromatic ring is 1. The maximum atomic E-state index is 14.8. The van der Waals surface area contributed by atoms with Crippen LogP contribution in [0.1, 0.15) is 29.3 Å². The van der Waals surface area contributed by atoms with Crippen LogP contribution in [0.5, 0.6) is 5.75 Å². The van der Waals surface area contributed by atoms with E-state index in [4.69, 9.17) is 10.5 Å². The second kappa shape index (κ2) is 10.4. The minimum absolute atomic E-state index is 0.0535. The molecule has 0 radical (unpaired) electrons. The number of alkyl halides is 7. The van der Waals surface area contributed by atoms with Gasteiger partial charge in [0.15, 0.2) is 5.82 Å². The van der Waals surface area contributed by atoms with Crippen LogP contribution in [0.3, 0.4) is 0 Å². The van der Waals surface area contributed by atoms with Crippen molar-refractivity contribution in [2.45, 2.75) is 43.5 Å². The fourth-order valence-electron chi connectivity index (χ4n) is 4.58. The molecule has 1 fully saturated rings. The van der Waals surface area contributed by atoms with Crippen LogP contribution < -0.4 is 15.8 Å². The maximum absolute atomic E-state index is 14.8. The topological polar surface area (TPSA) is 135 Å². The number of rotatable bonds is 6. The summed E-state index contributed by atoms with van der Waals surface area (Å²) in [5, 5.41) is 16.1. The lowest BCUT2D eigenvalue weighted by Gasteiger charge is -2.31. The molecule has 1 saturated heterocycles. The van der Waals surface area contributed by atoms with E-state index in [9.17, 15) is 45.4 Å². The van der Waals surface area contributed by atoms with Gasteiger partial charge >= 0.3 is 12.4 Å². The van der Waals surface area contributed by atoms with Crippen molar-refractivity contribution in [3.8, 4) is 17.0 Å². The van der Waals surface area contributed by atoms with E-state index in [0.29, 0.717) is 4.90 Å². The van der Waals surface area contributed by atoms with Crippen LogP contribution in [0.15, 0.2) is 30.6 Å². The largest absolute Gasteiger partial charge is 0.496 e. The number of carbonyl (C=O) groups excluding carboxylic acids is 2. The molecule has 3 atom stereocenters. The zero-order valence-corrected chi connectivity index (χ0v) is 21.3. The SMILES string of the molecule is CCC(O)(C(=O)N1C[C@H](F)[C@H](NC(=O)c2cc(-c3cc(C(F)(F)F)c4c(N)ncnn34)ccc2OC)C1)C(F)(F)F. The van der Waals surface area contributed by atoms with E-state index in [1.54, 1.807) is 0 Å². The molecule has 222 valence electrons. The standard InChI is InChI=1S/C24H23F7N6O4/c1-3-22(40,24(29,30)31)21(39)36-8-14(25)15(9-36)35-20(38)12-6-11(4-5-17(12)41-2)16-7-13(23(26,27)28)18-19(32)33-10-34-37(16)18/h4-7,10,14-15,40H,3,8-9H2,1-2H3,(H,35,38)(H2,32,33,34)/t14-,15+,22?/m0/s1. The highest BCUT2D eigenvalue weighted by atomic mass is 19.4. The van der Waals surface area contributed by atoms with Crippen molar-refractivity contribution in [1.82, 2.24) is 24.8 Å². The number of anilines is 1. The first-order valence-electron chi connectivity index (χ1n) is 11.9. The number of likely N-dealkylation sites (tertiary alicyclic amines) is 1. The number of hydrogen-bond donors (Lipinski definition) is 3. The Bertz CT molecular complexity index is 1490. The second-order valence-corrected chi connectivity index (χ2v) is 9.28. The van der Waals surface area contributed by atoms with E-state index in [0.717, 1.165) is 29.9 Å². The normalized spacial score (nSPS) is 19.3. The van der Waals surface area contributed by atoms with E-state index < -0.39 is 78.4 Å². The summed E-state index contributed by atoms with van der Waals surface area (Å²) in [7, 11) is 1.20. The van der Waals surface area contributed by atoms with E-state index >= 15 is 0 Å². The van der Waals surface area contributed by atoms with Gasteiger partial charge in [-0.1, -0.05) is 6.92 Å². The van der Waals surface area contributed by atoms with E-state index in [2.05, 4.69) is 15.4 Å². The van der Waals surface area contributed by atoms with Crippen LogP contribution >= 0.6 is 0 Å². The van der Waals surface area contributed by atoms with Gasteiger partial charge in [-0.25, -0.2) is 13.9 Å². The van der Waals surface area contributed by atoms with Crippen LogP contribution in [0.25, 0.3) is 16.8 Å². The lowest BCUT2D eigenvalue weighted by molar-refractivity contribution is -0.256. The molecule has 3 aromatic rings. The lowest BCUT2D eigenvalue weighted by Crippen LogP contribution is -2.57. The number of fused-ring (bicyclic) bond motifs is 1.